The monoisotopic (exact) mass is 445 g/mol. The highest BCUT2D eigenvalue weighted by Crippen LogP contribution is 2.29. The molecule has 124 valence electrons. The molecule has 1 heterocycles. The second kappa shape index (κ2) is 6.41. The number of carbonyl (C=O) groups is 1. The zero-order valence-corrected chi connectivity index (χ0v) is 15.8. The second-order valence-electron chi connectivity index (χ2n) is 4.77. The van der Waals surface area contributed by atoms with Crippen molar-refractivity contribution in [1.82, 2.24) is 4.98 Å². The lowest BCUT2D eigenvalue weighted by Gasteiger charge is -2.04. The summed E-state index contributed by atoms with van der Waals surface area (Å²) in [6, 6.07) is 9.26. The smallest absolute Gasteiger partial charge is 0.258 e. The van der Waals surface area contributed by atoms with Gasteiger partial charge in [0.1, 0.15) is 0 Å². The average Bonchev–Trinajstić information content (AvgIpc) is 2.89. The van der Waals surface area contributed by atoms with E-state index in [2.05, 4.69) is 26.2 Å². The van der Waals surface area contributed by atoms with Crippen molar-refractivity contribution in [3.8, 4) is 0 Å². The largest absolute Gasteiger partial charge is 0.298 e. The number of hydrogen-bond acceptors (Lipinski definition) is 5. The molecule has 2 aromatic carbocycles. The van der Waals surface area contributed by atoms with Crippen molar-refractivity contribution in [1.29, 1.82) is 0 Å². The van der Waals surface area contributed by atoms with Crippen LogP contribution in [0, 0.1) is 0 Å². The van der Waals surface area contributed by atoms with Gasteiger partial charge in [0.25, 0.3) is 5.91 Å². The fourth-order valence-electron chi connectivity index (χ4n) is 1.97. The molecule has 0 saturated heterocycles. The predicted molar refractivity (Wildman–Crippen MR) is 98.1 cm³/mol. The summed E-state index contributed by atoms with van der Waals surface area (Å²) >= 11 is 10.5. The second-order valence-corrected chi connectivity index (χ2v) is 8.69. The first-order valence-corrected chi connectivity index (χ1v) is 9.97. The van der Waals surface area contributed by atoms with Crippen LogP contribution >= 0.6 is 38.9 Å². The number of fused-ring (bicyclic) bond motifs is 1. The molecule has 0 atom stereocenters. The molecule has 0 fully saturated rings. The Morgan fingerprint density at radius 1 is 1.25 bits per heavy atom. The summed E-state index contributed by atoms with van der Waals surface area (Å²) in [5, 5.41) is 8.41. The molecule has 0 aliphatic heterocycles. The van der Waals surface area contributed by atoms with Crippen LogP contribution in [0.25, 0.3) is 10.2 Å². The SMILES string of the molecule is NS(=O)(=O)c1ccc2nc(NC(=O)c3cc(Br)ccc3Cl)sc2c1. The lowest BCUT2D eigenvalue weighted by Crippen LogP contribution is -2.12. The van der Waals surface area contributed by atoms with Crippen LogP contribution in [0.15, 0.2) is 45.8 Å². The van der Waals surface area contributed by atoms with E-state index < -0.39 is 15.9 Å². The molecular formula is C14H9BrClN3O3S2. The van der Waals surface area contributed by atoms with Gasteiger partial charge in [0.05, 0.1) is 25.7 Å². The third-order valence-electron chi connectivity index (χ3n) is 3.08. The Bertz CT molecular complexity index is 1070. The lowest BCUT2D eigenvalue weighted by atomic mass is 10.2. The van der Waals surface area contributed by atoms with Gasteiger partial charge in [-0.3, -0.25) is 10.1 Å². The molecule has 0 radical (unpaired) electrons. The van der Waals surface area contributed by atoms with Gasteiger partial charge in [0.2, 0.25) is 10.0 Å². The van der Waals surface area contributed by atoms with E-state index >= 15 is 0 Å². The summed E-state index contributed by atoms with van der Waals surface area (Å²) < 4.78 is 24.1. The maximum absolute atomic E-state index is 12.3. The fourth-order valence-corrected chi connectivity index (χ4v) is 4.05. The summed E-state index contributed by atoms with van der Waals surface area (Å²) in [5.41, 5.74) is 0.860. The average molecular weight is 447 g/mol. The Hall–Kier alpha value is -1.52. The van der Waals surface area contributed by atoms with Crippen molar-refractivity contribution in [2.24, 2.45) is 5.14 Å². The molecule has 3 rings (SSSR count). The predicted octanol–water partition coefficient (Wildman–Crippen LogP) is 3.61. The Labute approximate surface area is 154 Å². The van der Waals surface area contributed by atoms with E-state index in [9.17, 15) is 13.2 Å². The number of hydrogen-bond donors (Lipinski definition) is 2. The number of nitrogens with zero attached hydrogens (tertiary/aromatic N) is 1. The molecule has 0 bridgehead atoms. The molecule has 1 amide bonds. The quantitative estimate of drug-likeness (QED) is 0.641. The molecule has 0 spiro atoms. The van der Waals surface area contributed by atoms with Crippen LogP contribution in [-0.2, 0) is 10.0 Å². The van der Waals surface area contributed by atoms with Gasteiger partial charge in [-0.2, -0.15) is 0 Å². The summed E-state index contributed by atoms with van der Waals surface area (Å²) in [7, 11) is -3.79. The topological polar surface area (TPSA) is 102 Å². The van der Waals surface area contributed by atoms with Crippen molar-refractivity contribution in [2.75, 3.05) is 5.32 Å². The van der Waals surface area contributed by atoms with Crippen LogP contribution in [0.5, 0.6) is 0 Å². The summed E-state index contributed by atoms with van der Waals surface area (Å²) in [6.07, 6.45) is 0. The number of sulfonamides is 1. The van der Waals surface area contributed by atoms with Crippen molar-refractivity contribution in [2.45, 2.75) is 4.90 Å². The highest BCUT2D eigenvalue weighted by molar-refractivity contribution is 9.10. The number of nitrogens with one attached hydrogen (secondary N) is 1. The van der Waals surface area contributed by atoms with Crippen LogP contribution in [0.2, 0.25) is 5.02 Å². The maximum Gasteiger partial charge on any atom is 0.258 e. The Kier molecular flexibility index (Phi) is 4.63. The molecule has 6 nitrogen and oxygen atoms in total. The minimum absolute atomic E-state index is 0.00781. The molecule has 10 heteroatoms. The standard InChI is InChI=1S/C14H9BrClN3O3S2/c15-7-1-3-10(16)9(5-7)13(20)19-14-18-11-4-2-8(24(17,21)22)6-12(11)23-14/h1-6H,(H2,17,21,22)(H,18,19,20). The van der Waals surface area contributed by atoms with Gasteiger partial charge in [-0.15, -0.1) is 0 Å². The molecular weight excluding hydrogens is 438 g/mol. The van der Waals surface area contributed by atoms with Gasteiger partial charge in [-0.05, 0) is 36.4 Å². The first-order valence-electron chi connectivity index (χ1n) is 6.44. The minimum atomic E-state index is -3.79. The number of thiazole rings is 1. The van der Waals surface area contributed by atoms with Crippen LogP contribution < -0.4 is 10.5 Å². The Morgan fingerprint density at radius 3 is 2.71 bits per heavy atom. The lowest BCUT2D eigenvalue weighted by molar-refractivity contribution is 0.102. The van der Waals surface area contributed by atoms with E-state index in [0.717, 1.165) is 15.8 Å². The highest BCUT2D eigenvalue weighted by Gasteiger charge is 2.15. The molecule has 3 N–H and O–H groups in total. The number of halogens is 2. The first kappa shape index (κ1) is 17.3. The number of primary sulfonamides is 1. The van der Waals surface area contributed by atoms with Crippen LogP contribution in [0.1, 0.15) is 10.4 Å². The number of rotatable bonds is 3. The van der Waals surface area contributed by atoms with Crippen LogP contribution in [-0.4, -0.2) is 19.3 Å². The number of anilines is 1. The molecule has 1 aromatic heterocycles. The van der Waals surface area contributed by atoms with Crippen LogP contribution in [0.4, 0.5) is 5.13 Å². The zero-order valence-electron chi connectivity index (χ0n) is 11.8. The normalized spacial score (nSPS) is 11.6. The van der Waals surface area contributed by atoms with Crippen molar-refractivity contribution in [3.05, 3.63) is 51.5 Å². The van der Waals surface area contributed by atoms with Crippen LogP contribution in [0.3, 0.4) is 0 Å². The molecule has 24 heavy (non-hydrogen) atoms. The van der Waals surface area contributed by atoms with Gasteiger partial charge < -0.3 is 0 Å². The maximum atomic E-state index is 12.3. The highest BCUT2D eigenvalue weighted by atomic mass is 79.9. The number of amides is 1. The molecule has 0 saturated carbocycles. The minimum Gasteiger partial charge on any atom is -0.298 e. The third kappa shape index (κ3) is 3.60. The number of aromatic nitrogens is 1. The molecule has 0 aliphatic rings. The van der Waals surface area contributed by atoms with Gasteiger partial charge >= 0.3 is 0 Å². The number of nitrogens with two attached hydrogens (primary N) is 1. The fraction of sp³-hybridized carbons (Fsp3) is 0. The van der Waals surface area contributed by atoms with E-state index in [4.69, 9.17) is 16.7 Å². The van der Waals surface area contributed by atoms with E-state index in [0.29, 0.717) is 25.9 Å². The van der Waals surface area contributed by atoms with E-state index in [1.165, 1.54) is 18.2 Å². The van der Waals surface area contributed by atoms with Gasteiger partial charge in [0, 0.05) is 4.47 Å². The zero-order chi connectivity index (χ0) is 17.5. The number of carbonyl (C=O) groups excluding carboxylic acids is 1. The summed E-state index contributed by atoms with van der Waals surface area (Å²) in [6.45, 7) is 0. The summed E-state index contributed by atoms with van der Waals surface area (Å²) in [5.74, 6) is -0.410. The van der Waals surface area contributed by atoms with E-state index in [1.807, 2.05) is 0 Å². The molecule has 0 unspecified atom stereocenters. The first-order chi connectivity index (χ1) is 11.2. The van der Waals surface area contributed by atoms with Gasteiger partial charge in [-0.1, -0.05) is 38.9 Å². The third-order valence-corrected chi connectivity index (χ3v) is 5.75. The van der Waals surface area contributed by atoms with Crippen molar-refractivity contribution < 1.29 is 13.2 Å². The Morgan fingerprint density at radius 2 is 2.00 bits per heavy atom. The van der Waals surface area contributed by atoms with E-state index in [1.54, 1.807) is 18.2 Å². The molecule has 3 aromatic rings. The molecule has 0 aliphatic carbocycles. The van der Waals surface area contributed by atoms with Gasteiger partial charge in [0.15, 0.2) is 5.13 Å². The van der Waals surface area contributed by atoms with Crippen molar-refractivity contribution >= 4 is 70.1 Å². The van der Waals surface area contributed by atoms with Gasteiger partial charge in [-0.25, -0.2) is 18.5 Å². The van der Waals surface area contributed by atoms with E-state index in [-0.39, 0.29) is 4.90 Å². The summed E-state index contributed by atoms with van der Waals surface area (Å²) in [4.78, 5) is 16.6. The Balaban J connectivity index is 1.93. The van der Waals surface area contributed by atoms with Crippen molar-refractivity contribution in [3.63, 3.8) is 0 Å². The number of benzene rings is 2.